The number of anilines is 1. The average molecular weight is 381 g/mol. The molecule has 25 heavy (non-hydrogen) atoms. The molecule has 0 fully saturated rings. The summed E-state index contributed by atoms with van der Waals surface area (Å²) < 4.78 is 29.2. The summed E-state index contributed by atoms with van der Waals surface area (Å²) >= 11 is 2.36. The fourth-order valence-electron chi connectivity index (χ4n) is 2.24. The fraction of sp³-hybridized carbons (Fsp3) is 0.188. The first-order chi connectivity index (χ1) is 12.0. The maximum absolute atomic E-state index is 13.6. The van der Waals surface area contributed by atoms with Crippen molar-refractivity contribution < 1.29 is 13.6 Å². The van der Waals surface area contributed by atoms with Gasteiger partial charge in [0.05, 0.1) is 11.3 Å². The van der Waals surface area contributed by atoms with Gasteiger partial charge in [-0.3, -0.25) is 14.2 Å². The quantitative estimate of drug-likeness (QED) is 0.543. The van der Waals surface area contributed by atoms with Gasteiger partial charge in [-0.25, -0.2) is 13.8 Å². The van der Waals surface area contributed by atoms with E-state index in [2.05, 4.69) is 10.3 Å². The van der Waals surface area contributed by atoms with E-state index in [9.17, 15) is 18.4 Å². The van der Waals surface area contributed by atoms with E-state index in [1.165, 1.54) is 22.0 Å². The predicted molar refractivity (Wildman–Crippen MR) is 95.3 cm³/mol. The Bertz CT molecular complexity index is 980. The van der Waals surface area contributed by atoms with Gasteiger partial charge in [-0.1, -0.05) is 17.8 Å². The van der Waals surface area contributed by atoms with E-state index in [1.54, 1.807) is 18.4 Å². The number of thioether (sulfide) groups is 1. The number of aromatic nitrogens is 2. The fourth-order valence-corrected chi connectivity index (χ4v) is 3.88. The van der Waals surface area contributed by atoms with Crippen LogP contribution in [-0.4, -0.2) is 21.2 Å². The van der Waals surface area contributed by atoms with E-state index in [0.717, 1.165) is 23.9 Å². The second-order valence-electron chi connectivity index (χ2n) is 5.01. The summed E-state index contributed by atoms with van der Waals surface area (Å²) in [6.07, 6.45) is 0. The standard InChI is InChI=1S/C16H13F2N3O2S2/c1-2-21-15(23)14-11(6-7-24-14)19-16(21)25-8-12(22)20-13-9(17)4-3-5-10(13)18/h3-7H,2,8H2,1H3,(H,20,22). The van der Waals surface area contributed by atoms with E-state index in [4.69, 9.17) is 0 Å². The number of carbonyl (C=O) groups is 1. The number of hydrogen-bond acceptors (Lipinski definition) is 5. The summed E-state index contributed by atoms with van der Waals surface area (Å²) in [4.78, 5) is 28.8. The Labute approximate surface area is 149 Å². The van der Waals surface area contributed by atoms with Crippen molar-refractivity contribution in [3.05, 3.63) is 51.6 Å². The average Bonchev–Trinajstić information content (AvgIpc) is 3.05. The lowest BCUT2D eigenvalue weighted by molar-refractivity contribution is -0.113. The highest BCUT2D eigenvalue weighted by atomic mass is 32.2. The first-order valence-electron chi connectivity index (χ1n) is 7.36. The van der Waals surface area contributed by atoms with Crippen molar-refractivity contribution in [1.82, 2.24) is 9.55 Å². The molecular weight excluding hydrogens is 368 g/mol. The lowest BCUT2D eigenvalue weighted by Gasteiger charge is -2.10. The Morgan fingerprint density at radius 3 is 2.72 bits per heavy atom. The largest absolute Gasteiger partial charge is 0.320 e. The van der Waals surface area contributed by atoms with Gasteiger partial charge in [-0.15, -0.1) is 11.3 Å². The number of hydrogen-bond donors (Lipinski definition) is 1. The lowest BCUT2D eigenvalue weighted by Crippen LogP contribution is -2.23. The summed E-state index contributed by atoms with van der Waals surface area (Å²) in [7, 11) is 0. The molecule has 0 spiro atoms. The lowest BCUT2D eigenvalue weighted by atomic mass is 10.3. The zero-order valence-corrected chi connectivity index (χ0v) is 14.7. The number of carbonyl (C=O) groups excluding carboxylic acids is 1. The van der Waals surface area contributed by atoms with Crippen molar-refractivity contribution >= 4 is 44.9 Å². The van der Waals surface area contributed by atoms with Gasteiger partial charge in [-0.2, -0.15) is 0 Å². The third-order valence-electron chi connectivity index (χ3n) is 3.41. The summed E-state index contributed by atoms with van der Waals surface area (Å²) in [6, 6.07) is 5.08. The van der Waals surface area contributed by atoms with Gasteiger partial charge in [0.1, 0.15) is 22.0 Å². The molecule has 3 rings (SSSR count). The highest BCUT2D eigenvalue weighted by Gasteiger charge is 2.15. The number of rotatable bonds is 5. The number of para-hydroxylation sites is 1. The van der Waals surface area contributed by atoms with Crippen LogP contribution in [0, 0.1) is 11.6 Å². The van der Waals surface area contributed by atoms with Gasteiger partial charge in [0, 0.05) is 6.54 Å². The first-order valence-corrected chi connectivity index (χ1v) is 9.22. The highest BCUT2D eigenvalue weighted by Crippen LogP contribution is 2.22. The van der Waals surface area contributed by atoms with Gasteiger partial charge in [0.2, 0.25) is 5.91 Å². The first kappa shape index (κ1) is 17.6. The van der Waals surface area contributed by atoms with E-state index >= 15 is 0 Å². The van der Waals surface area contributed by atoms with Crippen molar-refractivity contribution in [2.24, 2.45) is 0 Å². The number of nitrogens with one attached hydrogen (secondary N) is 1. The van der Waals surface area contributed by atoms with E-state index in [1.807, 2.05) is 0 Å². The van der Waals surface area contributed by atoms with Crippen molar-refractivity contribution in [2.75, 3.05) is 11.1 Å². The number of benzene rings is 1. The molecule has 130 valence electrons. The molecule has 0 unspecified atom stereocenters. The molecule has 0 atom stereocenters. The Balaban J connectivity index is 1.78. The molecule has 0 aliphatic carbocycles. The van der Waals surface area contributed by atoms with Crippen LogP contribution in [0.2, 0.25) is 0 Å². The van der Waals surface area contributed by atoms with Gasteiger partial charge in [0.15, 0.2) is 5.16 Å². The Morgan fingerprint density at radius 1 is 1.32 bits per heavy atom. The number of amides is 1. The Morgan fingerprint density at radius 2 is 2.04 bits per heavy atom. The maximum atomic E-state index is 13.6. The van der Waals surface area contributed by atoms with Crippen molar-refractivity contribution in [1.29, 1.82) is 0 Å². The van der Waals surface area contributed by atoms with Gasteiger partial charge < -0.3 is 5.32 Å². The predicted octanol–water partition coefficient (Wildman–Crippen LogP) is 3.49. The van der Waals surface area contributed by atoms with E-state index in [0.29, 0.717) is 21.9 Å². The number of fused-ring (bicyclic) bond motifs is 1. The smallest absolute Gasteiger partial charge is 0.272 e. The summed E-state index contributed by atoms with van der Waals surface area (Å²) in [6.45, 7) is 2.22. The number of halogens is 2. The van der Waals surface area contributed by atoms with E-state index in [-0.39, 0.29) is 11.3 Å². The van der Waals surface area contributed by atoms with Gasteiger partial charge in [-0.05, 0) is 30.5 Å². The van der Waals surface area contributed by atoms with Crippen molar-refractivity contribution in [3.8, 4) is 0 Å². The Hall–Kier alpha value is -2.26. The van der Waals surface area contributed by atoms with Gasteiger partial charge in [0.25, 0.3) is 5.56 Å². The van der Waals surface area contributed by atoms with Gasteiger partial charge >= 0.3 is 0 Å². The molecule has 2 heterocycles. The molecule has 1 N–H and O–H groups in total. The molecular formula is C16H13F2N3O2S2. The molecule has 5 nitrogen and oxygen atoms in total. The monoisotopic (exact) mass is 381 g/mol. The van der Waals surface area contributed by atoms with Crippen molar-refractivity contribution in [2.45, 2.75) is 18.6 Å². The van der Waals surface area contributed by atoms with Crippen LogP contribution < -0.4 is 10.9 Å². The minimum absolute atomic E-state index is 0.129. The van der Waals surface area contributed by atoms with Crippen LogP contribution in [0.25, 0.3) is 10.2 Å². The molecule has 0 saturated carbocycles. The van der Waals surface area contributed by atoms with Crippen LogP contribution in [0.5, 0.6) is 0 Å². The Kier molecular flexibility index (Phi) is 5.14. The highest BCUT2D eigenvalue weighted by molar-refractivity contribution is 7.99. The zero-order valence-electron chi connectivity index (χ0n) is 13.1. The molecule has 0 saturated heterocycles. The number of thiophene rings is 1. The summed E-state index contributed by atoms with van der Waals surface area (Å²) in [5, 5.41) is 4.38. The number of nitrogens with zero attached hydrogens (tertiary/aromatic N) is 2. The normalized spacial score (nSPS) is 11.0. The topological polar surface area (TPSA) is 64.0 Å². The maximum Gasteiger partial charge on any atom is 0.272 e. The third kappa shape index (κ3) is 3.57. The second-order valence-corrected chi connectivity index (χ2v) is 6.87. The molecule has 0 aliphatic heterocycles. The minimum atomic E-state index is -0.846. The van der Waals surface area contributed by atoms with Crippen molar-refractivity contribution in [3.63, 3.8) is 0 Å². The summed E-state index contributed by atoms with van der Waals surface area (Å²) in [5.74, 6) is -2.41. The zero-order chi connectivity index (χ0) is 18.0. The molecule has 2 aromatic heterocycles. The minimum Gasteiger partial charge on any atom is -0.320 e. The molecule has 0 aliphatic rings. The van der Waals surface area contributed by atoms with Crippen LogP contribution in [0.4, 0.5) is 14.5 Å². The third-order valence-corrected chi connectivity index (χ3v) is 5.27. The van der Waals surface area contributed by atoms with Crippen LogP contribution >= 0.6 is 23.1 Å². The molecule has 9 heteroatoms. The van der Waals surface area contributed by atoms with Crippen LogP contribution in [0.15, 0.2) is 39.6 Å². The van der Waals surface area contributed by atoms with Crippen LogP contribution in [0.3, 0.4) is 0 Å². The van der Waals surface area contributed by atoms with E-state index < -0.39 is 23.2 Å². The second kappa shape index (κ2) is 7.32. The van der Waals surface area contributed by atoms with Crippen LogP contribution in [0.1, 0.15) is 6.92 Å². The molecule has 0 radical (unpaired) electrons. The summed E-state index contributed by atoms with van der Waals surface area (Å²) in [5.41, 5.74) is -0.0736. The SMILES string of the molecule is CCn1c(SCC(=O)Nc2c(F)cccc2F)nc2ccsc2c1=O. The molecule has 1 aromatic carbocycles. The molecule has 3 aromatic rings. The molecule has 0 bridgehead atoms. The van der Waals surface area contributed by atoms with Crippen LogP contribution in [-0.2, 0) is 11.3 Å². The molecule has 1 amide bonds.